The van der Waals surface area contributed by atoms with Gasteiger partial charge in [-0.05, 0) is 43.0 Å². The molecule has 1 saturated carbocycles. The van der Waals surface area contributed by atoms with Crippen LogP contribution < -0.4 is 16.4 Å². The van der Waals surface area contributed by atoms with Crippen LogP contribution in [0.15, 0.2) is 34.9 Å². The van der Waals surface area contributed by atoms with Crippen molar-refractivity contribution in [1.29, 1.82) is 0 Å². The highest BCUT2D eigenvalue weighted by atomic mass is 16.4. The van der Waals surface area contributed by atoms with Crippen LogP contribution in [0.5, 0.6) is 0 Å². The van der Waals surface area contributed by atoms with E-state index in [0.717, 1.165) is 30.1 Å². The quantitative estimate of drug-likeness (QED) is 0.705. The molecule has 1 aromatic heterocycles. The third kappa shape index (κ3) is 4.49. The van der Waals surface area contributed by atoms with Crippen molar-refractivity contribution in [2.24, 2.45) is 11.7 Å². The lowest BCUT2D eigenvalue weighted by atomic mass is 10.1. The SMILES string of the molecule is CC(C)[C@H](N)C(=O)NCC(=O)Nc1ccc(-c2cnc(C3CC3)o2)cc1. The molecule has 2 amide bonds. The van der Waals surface area contributed by atoms with E-state index in [1.807, 2.05) is 26.0 Å². The van der Waals surface area contributed by atoms with Crippen molar-refractivity contribution in [3.63, 3.8) is 0 Å². The van der Waals surface area contributed by atoms with Gasteiger partial charge < -0.3 is 20.8 Å². The lowest BCUT2D eigenvalue weighted by Gasteiger charge is -2.15. The first-order chi connectivity index (χ1) is 12.4. The maximum absolute atomic E-state index is 12.0. The number of oxazole rings is 1. The molecule has 1 heterocycles. The molecule has 0 unspecified atom stereocenters. The Labute approximate surface area is 152 Å². The first-order valence-electron chi connectivity index (χ1n) is 8.83. The summed E-state index contributed by atoms with van der Waals surface area (Å²) in [5, 5.41) is 5.28. The van der Waals surface area contributed by atoms with Crippen molar-refractivity contribution in [3.8, 4) is 11.3 Å². The minimum absolute atomic E-state index is 0.0159. The number of rotatable bonds is 7. The Bertz CT molecular complexity index is 778. The minimum Gasteiger partial charge on any atom is -0.440 e. The molecule has 0 aliphatic heterocycles. The first kappa shape index (κ1) is 18.1. The highest BCUT2D eigenvalue weighted by molar-refractivity contribution is 5.95. The van der Waals surface area contributed by atoms with E-state index in [1.54, 1.807) is 18.3 Å². The number of anilines is 1. The molecule has 4 N–H and O–H groups in total. The zero-order valence-electron chi connectivity index (χ0n) is 15.0. The second kappa shape index (κ2) is 7.70. The van der Waals surface area contributed by atoms with E-state index in [-0.39, 0.29) is 24.3 Å². The smallest absolute Gasteiger partial charge is 0.243 e. The fraction of sp³-hybridized carbons (Fsp3) is 0.421. The molecule has 3 rings (SSSR count). The maximum atomic E-state index is 12.0. The van der Waals surface area contributed by atoms with Crippen molar-refractivity contribution in [3.05, 3.63) is 36.4 Å². The molecule has 1 aliphatic carbocycles. The standard InChI is InChI=1S/C19H24N4O3/c1-11(2)17(20)18(25)21-10-16(24)23-14-7-5-12(6-8-14)15-9-22-19(26-15)13-3-4-13/h5-9,11,13,17H,3-4,10,20H2,1-2H3,(H,21,25)(H,23,24)/t17-/m0/s1. The molecule has 0 bridgehead atoms. The van der Waals surface area contributed by atoms with Crippen molar-refractivity contribution >= 4 is 17.5 Å². The Morgan fingerprint density at radius 2 is 1.96 bits per heavy atom. The van der Waals surface area contributed by atoms with E-state index in [1.165, 1.54) is 0 Å². The lowest BCUT2D eigenvalue weighted by molar-refractivity contribution is -0.125. The van der Waals surface area contributed by atoms with Crippen LogP contribution in [0.4, 0.5) is 5.69 Å². The molecule has 1 fully saturated rings. The predicted octanol–water partition coefficient (Wildman–Crippen LogP) is 2.26. The number of hydrogen-bond donors (Lipinski definition) is 3. The van der Waals surface area contributed by atoms with Gasteiger partial charge in [-0.1, -0.05) is 13.8 Å². The number of amides is 2. The zero-order valence-corrected chi connectivity index (χ0v) is 15.0. The fourth-order valence-electron chi connectivity index (χ4n) is 2.45. The summed E-state index contributed by atoms with van der Waals surface area (Å²) in [7, 11) is 0. The van der Waals surface area contributed by atoms with Crippen molar-refractivity contribution in [2.45, 2.75) is 38.6 Å². The highest BCUT2D eigenvalue weighted by Crippen LogP contribution is 2.40. The first-order valence-corrected chi connectivity index (χ1v) is 8.83. The van der Waals surface area contributed by atoms with Gasteiger partial charge in [0.25, 0.3) is 0 Å². The van der Waals surface area contributed by atoms with Gasteiger partial charge in [-0.2, -0.15) is 0 Å². The third-order valence-electron chi connectivity index (χ3n) is 4.35. The zero-order chi connectivity index (χ0) is 18.7. The summed E-state index contributed by atoms with van der Waals surface area (Å²) in [6, 6.07) is 6.67. The van der Waals surface area contributed by atoms with Gasteiger partial charge in [0.15, 0.2) is 11.7 Å². The molecule has 1 aliphatic rings. The summed E-state index contributed by atoms with van der Waals surface area (Å²) < 4.78 is 5.76. The van der Waals surface area contributed by atoms with Gasteiger partial charge in [0.05, 0.1) is 18.8 Å². The summed E-state index contributed by atoms with van der Waals surface area (Å²) in [6.07, 6.45) is 4.02. The van der Waals surface area contributed by atoms with Gasteiger partial charge in [-0.25, -0.2) is 4.98 Å². The Hall–Kier alpha value is -2.67. The Balaban J connectivity index is 1.51. The average Bonchev–Trinajstić information content (AvgIpc) is 3.36. The van der Waals surface area contributed by atoms with Crippen LogP contribution in [0.1, 0.15) is 38.5 Å². The van der Waals surface area contributed by atoms with E-state index < -0.39 is 6.04 Å². The summed E-state index contributed by atoms with van der Waals surface area (Å²) in [4.78, 5) is 28.0. The van der Waals surface area contributed by atoms with E-state index in [4.69, 9.17) is 10.2 Å². The Morgan fingerprint density at radius 1 is 1.27 bits per heavy atom. The second-order valence-electron chi connectivity index (χ2n) is 6.95. The second-order valence-corrected chi connectivity index (χ2v) is 6.95. The van der Waals surface area contributed by atoms with Crippen LogP contribution in [0.2, 0.25) is 0 Å². The normalized spacial score (nSPS) is 14.9. The number of aromatic nitrogens is 1. The van der Waals surface area contributed by atoms with Crippen LogP contribution in [0.3, 0.4) is 0 Å². The molecule has 7 heteroatoms. The van der Waals surface area contributed by atoms with Gasteiger partial charge in [-0.15, -0.1) is 0 Å². The Morgan fingerprint density at radius 3 is 2.58 bits per heavy atom. The van der Waals surface area contributed by atoms with Crippen molar-refractivity contribution < 1.29 is 14.0 Å². The van der Waals surface area contributed by atoms with Crippen LogP contribution in [0.25, 0.3) is 11.3 Å². The molecule has 2 aromatic rings. The molecular formula is C19H24N4O3. The molecule has 1 aromatic carbocycles. The van der Waals surface area contributed by atoms with Gasteiger partial charge in [0.2, 0.25) is 11.8 Å². The van der Waals surface area contributed by atoms with E-state index in [0.29, 0.717) is 11.6 Å². The molecule has 0 spiro atoms. The summed E-state index contributed by atoms with van der Waals surface area (Å²) in [5.41, 5.74) is 7.28. The van der Waals surface area contributed by atoms with Crippen LogP contribution in [0, 0.1) is 5.92 Å². The van der Waals surface area contributed by atoms with Crippen molar-refractivity contribution in [1.82, 2.24) is 10.3 Å². The van der Waals surface area contributed by atoms with Gasteiger partial charge in [0, 0.05) is 17.2 Å². The van der Waals surface area contributed by atoms with Gasteiger partial charge in [-0.3, -0.25) is 9.59 Å². The van der Waals surface area contributed by atoms with Crippen molar-refractivity contribution in [2.75, 3.05) is 11.9 Å². The average molecular weight is 356 g/mol. The monoisotopic (exact) mass is 356 g/mol. The maximum Gasteiger partial charge on any atom is 0.243 e. The molecule has 138 valence electrons. The van der Waals surface area contributed by atoms with Gasteiger partial charge >= 0.3 is 0 Å². The number of benzene rings is 1. The molecule has 0 radical (unpaired) electrons. The van der Waals surface area contributed by atoms with Gasteiger partial charge in [0.1, 0.15) is 0 Å². The fourth-order valence-corrected chi connectivity index (χ4v) is 2.45. The molecule has 26 heavy (non-hydrogen) atoms. The van der Waals surface area contributed by atoms with Crippen LogP contribution in [-0.2, 0) is 9.59 Å². The summed E-state index contributed by atoms with van der Waals surface area (Å²) in [6.45, 7) is 3.59. The number of carbonyl (C=O) groups excluding carboxylic acids is 2. The number of carbonyl (C=O) groups is 2. The van der Waals surface area contributed by atoms with E-state index >= 15 is 0 Å². The largest absolute Gasteiger partial charge is 0.440 e. The lowest BCUT2D eigenvalue weighted by Crippen LogP contribution is -2.46. The highest BCUT2D eigenvalue weighted by Gasteiger charge is 2.28. The number of nitrogens with one attached hydrogen (secondary N) is 2. The molecule has 7 nitrogen and oxygen atoms in total. The van der Waals surface area contributed by atoms with E-state index in [9.17, 15) is 9.59 Å². The topological polar surface area (TPSA) is 110 Å². The number of nitrogens with zero attached hydrogens (tertiary/aromatic N) is 1. The minimum atomic E-state index is -0.621. The Kier molecular flexibility index (Phi) is 5.37. The number of nitrogens with two attached hydrogens (primary N) is 1. The molecule has 0 saturated heterocycles. The summed E-state index contributed by atoms with van der Waals surface area (Å²) in [5.74, 6) is 1.37. The van der Waals surface area contributed by atoms with Crippen LogP contribution >= 0.6 is 0 Å². The molecule has 1 atom stereocenters. The van der Waals surface area contributed by atoms with Crippen LogP contribution in [-0.4, -0.2) is 29.4 Å². The summed E-state index contributed by atoms with van der Waals surface area (Å²) >= 11 is 0. The predicted molar refractivity (Wildman–Crippen MR) is 98.4 cm³/mol. The molecular weight excluding hydrogens is 332 g/mol. The third-order valence-corrected chi connectivity index (χ3v) is 4.35. The number of hydrogen-bond acceptors (Lipinski definition) is 5. The van der Waals surface area contributed by atoms with E-state index in [2.05, 4.69) is 15.6 Å².